The number of aromatic hydroxyl groups is 1. The maximum atomic E-state index is 13.1. The Labute approximate surface area is 218 Å². The maximum absolute atomic E-state index is 13.1. The summed E-state index contributed by atoms with van der Waals surface area (Å²) in [6, 6.07) is 7.19. The van der Waals surface area contributed by atoms with E-state index in [4.69, 9.17) is 0 Å². The van der Waals surface area contributed by atoms with Gasteiger partial charge in [-0.1, -0.05) is 25.3 Å². The van der Waals surface area contributed by atoms with E-state index in [-0.39, 0.29) is 28.8 Å². The highest BCUT2D eigenvalue weighted by Crippen LogP contribution is 2.61. The van der Waals surface area contributed by atoms with Gasteiger partial charge in [-0.2, -0.15) is 0 Å². The van der Waals surface area contributed by atoms with E-state index in [1.54, 1.807) is 12.1 Å². The van der Waals surface area contributed by atoms with Crippen LogP contribution in [0.2, 0.25) is 0 Å². The van der Waals surface area contributed by atoms with Crippen molar-refractivity contribution < 1.29 is 15.0 Å². The number of aryl methyl sites for hydroxylation is 2. The number of pyridine rings is 1. The number of H-pyrrole nitrogens is 1. The minimum atomic E-state index is -1.08. The van der Waals surface area contributed by atoms with Crippen LogP contribution in [0.4, 0.5) is 0 Å². The Morgan fingerprint density at radius 2 is 2.00 bits per heavy atom. The number of phenolic OH excluding ortho intramolecular Hbond substituents is 1. The van der Waals surface area contributed by atoms with Gasteiger partial charge in [-0.25, -0.2) is 0 Å². The third kappa shape index (κ3) is 3.85. The minimum absolute atomic E-state index is 0.00398. The van der Waals surface area contributed by atoms with E-state index in [9.17, 15) is 19.8 Å². The number of benzene rings is 1. The van der Waals surface area contributed by atoms with Crippen molar-refractivity contribution in [1.82, 2.24) is 15.2 Å². The Bertz CT molecular complexity index is 1280. The molecule has 37 heavy (non-hydrogen) atoms. The van der Waals surface area contributed by atoms with Crippen molar-refractivity contribution in [3.05, 3.63) is 62.6 Å². The zero-order valence-electron chi connectivity index (χ0n) is 22.0. The average Bonchev–Trinajstić information content (AvgIpc) is 2.99. The molecular formula is C30H39N3O4. The Hall–Kier alpha value is -2.64. The first kappa shape index (κ1) is 24.7. The number of hydrogen-bond donors (Lipinski definition) is 4. The number of nitrogens with one attached hydrogen (secondary N) is 2. The zero-order chi connectivity index (χ0) is 25.9. The molecular weight excluding hydrogens is 466 g/mol. The van der Waals surface area contributed by atoms with Gasteiger partial charge in [0.05, 0.1) is 5.60 Å². The highest BCUT2D eigenvalue weighted by molar-refractivity contribution is 5.94. The molecule has 1 aromatic carbocycles. The summed E-state index contributed by atoms with van der Waals surface area (Å²) in [5.74, 6) is 0.733. The van der Waals surface area contributed by atoms with E-state index in [1.807, 2.05) is 19.1 Å². The predicted octanol–water partition coefficient (Wildman–Crippen LogP) is 3.19. The first-order chi connectivity index (χ1) is 17.7. The van der Waals surface area contributed by atoms with E-state index in [0.29, 0.717) is 37.6 Å². The van der Waals surface area contributed by atoms with Gasteiger partial charge < -0.3 is 20.5 Å². The fraction of sp³-hybridized carbons (Fsp3) is 0.600. The molecule has 7 heteroatoms. The highest BCUT2D eigenvalue weighted by atomic mass is 16.3. The van der Waals surface area contributed by atoms with Gasteiger partial charge in [0.25, 0.3) is 11.5 Å². The third-order valence-electron chi connectivity index (χ3n) is 10.1. The lowest BCUT2D eigenvalue weighted by molar-refractivity contribution is -0.104. The summed E-state index contributed by atoms with van der Waals surface area (Å²) in [6.07, 6.45) is 8.41. The van der Waals surface area contributed by atoms with Crippen LogP contribution in [0.15, 0.2) is 29.1 Å². The van der Waals surface area contributed by atoms with Gasteiger partial charge in [0.1, 0.15) is 11.3 Å². The number of rotatable bonds is 4. The summed E-state index contributed by atoms with van der Waals surface area (Å²) >= 11 is 0. The van der Waals surface area contributed by atoms with Crippen molar-refractivity contribution in [2.24, 2.45) is 11.8 Å². The van der Waals surface area contributed by atoms with Crippen molar-refractivity contribution >= 4 is 5.91 Å². The smallest absolute Gasteiger partial charge is 0.261 e. The van der Waals surface area contributed by atoms with Crippen molar-refractivity contribution in [3.8, 4) is 5.75 Å². The molecule has 1 saturated heterocycles. The monoisotopic (exact) mass is 505 g/mol. The van der Waals surface area contributed by atoms with E-state index >= 15 is 0 Å². The number of phenols is 1. The van der Waals surface area contributed by atoms with Crippen LogP contribution in [-0.4, -0.2) is 57.8 Å². The molecule has 1 amide bonds. The topological polar surface area (TPSA) is 106 Å². The number of amides is 1. The van der Waals surface area contributed by atoms with Crippen LogP contribution < -0.4 is 10.9 Å². The van der Waals surface area contributed by atoms with Crippen LogP contribution in [0.25, 0.3) is 0 Å². The summed E-state index contributed by atoms with van der Waals surface area (Å²) in [4.78, 5) is 31.4. The summed E-state index contributed by atoms with van der Waals surface area (Å²) in [7, 11) is 2.06. The van der Waals surface area contributed by atoms with Crippen molar-refractivity contribution in [3.63, 3.8) is 0 Å². The van der Waals surface area contributed by atoms with Crippen LogP contribution in [0, 0.1) is 18.8 Å². The van der Waals surface area contributed by atoms with E-state index in [0.717, 1.165) is 48.2 Å². The highest BCUT2D eigenvalue weighted by Gasteiger charge is 2.68. The zero-order valence-corrected chi connectivity index (χ0v) is 22.0. The summed E-state index contributed by atoms with van der Waals surface area (Å²) in [6.45, 7) is 3.59. The number of hydrogen-bond acceptors (Lipinski definition) is 5. The lowest BCUT2D eigenvalue weighted by Gasteiger charge is -2.51. The first-order valence-electron chi connectivity index (χ1n) is 14.0. The quantitative estimate of drug-likeness (QED) is 0.511. The van der Waals surface area contributed by atoms with Gasteiger partial charge in [-0.3, -0.25) is 14.5 Å². The molecule has 3 aliphatic carbocycles. The fourth-order valence-corrected chi connectivity index (χ4v) is 8.35. The second-order valence-electron chi connectivity index (χ2n) is 12.3. The molecule has 2 saturated carbocycles. The van der Waals surface area contributed by atoms with Gasteiger partial charge in [-0.15, -0.1) is 0 Å². The van der Waals surface area contributed by atoms with E-state index in [2.05, 4.69) is 22.2 Å². The van der Waals surface area contributed by atoms with Gasteiger partial charge in [0, 0.05) is 36.7 Å². The van der Waals surface area contributed by atoms with Crippen molar-refractivity contribution in [2.75, 3.05) is 20.1 Å². The van der Waals surface area contributed by atoms with Gasteiger partial charge >= 0.3 is 0 Å². The lowest BCUT2D eigenvalue weighted by Crippen LogP contribution is -2.65. The second kappa shape index (κ2) is 8.98. The third-order valence-corrected chi connectivity index (χ3v) is 10.1. The van der Waals surface area contributed by atoms with Crippen molar-refractivity contribution in [1.29, 1.82) is 0 Å². The molecule has 0 radical (unpaired) electrons. The molecule has 3 fully saturated rings. The summed E-state index contributed by atoms with van der Waals surface area (Å²) < 4.78 is 0. The van der Waals surface area contributed by atoms with Crippen LogP contribution in [0.3, 0.4) is 0 Å². The van der Waals surface area contributed by atoms with Crippen LogP contribution in [-0.2, 0) is 18.3 Å². The maximum Gasteiger partial charge on any atom is 0.261 e. The second-order valence-corrected chi connectivity index (χ2v) is 12.3. The molecule has 0 spiro atoms. The molecule has 6 rings (SSSR count). The van der Waals surface area contributed by atoms with Crippen molar-refractivity contribution in [2.45, 2.75) is 81.8 Å². The number of carbonyl (C=O) groups excluding carboxylic acids is 1. The SMILES string of the molecule is Cc1ccc(O)cc1[C@@]12CCc3[nH]c(=O)c(C(=O)NCC4CCCCC4)cc3CC1(O)C1C(CN1C)C2. The standard InChI is InChI=1S/C30H39N3O4/c1-18-8-9-22(34)13-24(18)29-11-10-25-20(15-30(29,37)26-21(14-29)17-33(26)2)12-23(28(36)32-25)27(35)31-16-19-6-4-3-5-7-19/h8-9,12-13,19,21,26,34,37H,3-7,10-11,14-17H2,1-2H3,(H,31,35)(H,32,36)/t21?,26?,29-,30?/m0/s1. The molecule has 1 aromatic heterocycles. The fourth-order valence-electron chi connectivity index (χ4n) is 8.35. The molecule has 0 bridgehead atoms. The number of nitrogens with zero attached hydrogens (tertiary/aromatic N) is 1. The van der Waals surface area contributed by atoms with Gasteiger partial charge in [0.15, 0.2) is 0 Å². The Morgan fingerprint density at radius 1 is 1.22 bits per heavy atom. The number of likely N-dealkylation sites (tertiary alicyclic amines) is 1. The number of carbonyl (C=O) groups is 1. The number of aromatic nitrogens is 1. The van der Waals surface area contributed by atoms with E-state index < -0.39 is 11.0 Å². The molecule has 198 valence electrons. The largest absolute Gasteiger partial charge is 0.508 e. The molecule has 2 aromatic rings. The molecule has 7 nitrogen and oxygen atoms in total. The van der Waals surface area contributed by atoms with Crippen LogP contribution in [0.5, 0.6) is 5.75 Å². The number of likely N-dealkylation sites (N-methyl/N-ethyl adjacent to an activating group) is 1. The average molecular weight is 506 g/mol. The van der Waals surface area contributed by atoms with Gasteiger partial charge in [-0.05, 0) is 92.8 Å². The molecule has 4 N–H and O–H groups in total. The first-order valence-corrected chi connectivity index (χ1v) is 14.0. The molecule has 1 aliphatic heterocycles. The van der Waals surface area contributed by atoms with Crippen LogP contribution in [0.1, 0.15) is 77.7 Å². The molecule has 2 heterocycles. The Morgan fingerprint density at radius 3 is 2.76 bits per heavy atom. The van der Waals surface area contributed by atoms with Gasteiger partial charge in [0.2, 0.25) is 0 Å². The number of aliphatic hydroxyl groups is 1. The molecule has 4 atom stereocenters. The Kier molecular flexibility index (Phi) is 5.99. The number of aromatic amines is 1. The lowest BCUT2D eigenvalue weighted by atomic mass is 9.64. The summed E-state index contributed by atoms with van der Waals surface area (Å²) in [5, 5.41) is 26.1. The predicted molar refractivity (Wildman–Crippen MR) is 142 cm³/mol. The molecule has 3 unspecified atom stereocenters. The Balaban J connectivity index is 1.36. The molecule has 4 aliphatic rings. The summed E-state index contributed by atoms with van der Waals surface area (Å²) in [5.41, 5.74) is 1.87. The minimum Gasteiger partial charge on any atom is -0.508 e. The normalized spacial score (nSPS) is 31.5. The van der Waals surface area contributed by atoms with Crippen LogP contribution >= 0.6 is 0 Å². The van der Waals surface area contributed by atoms with E-state index in [1.165, 1.54) is 19.3 Å². The number of fused-ring (bicyclic) bond motifs is 4.